The van der Waals surface area contributed by atoms with Gasteiger partial charge in [0.1, 0.15) is 0 Å². The Balaban J connectivity index is 2.45. The Morgan fingerprint density at radius 1 is 1.31 bits per heavy atom. The maximum absolute atomic E-state index is 11.5. The van der Waals surface area contributed by atoms with Crippen molar-refractivity contribution in [1.29, 1.82) is 0 Å². The van der Waals surface area contributed by atoms with Crippen LogP contribution in [-0.4, -0.2) is 5.91 Å². The van der Waals surface area contributed by atoms with Crippen molar-refractivity contribution in [3.05, 3.63) is 35.4 Å². The molecule has 1 N–H and O–H groups in total. The van der Waals surface area contributed by atoms with Crippen LogP contribution in [0.1, 0.15) is 31.4 Å². The zero-order chi connectivity index (χ0) is 12.0. The Hall–Kier alpha value is -1.02. The number of hydrogen-bond acceptors (Lipinski definition) is 1. The molecule has 0 spiro atoms. The summed E-state index contributed by atoms with van der Waals surface area (Å²) in [6.45, 7) is 4.54. The SMILES string of the molecule is CCC(C)C(=O)NCc1ccc(CCl)cc1. The standard InChI is InChI=1S/C13H18ClNO/c1-3-10(2)13(16)15-9-12-6-4-11(8-14)5-7-12/h4-7,10H,3,8-9H2,1-2H3,(H,15,16). The number of rotatable bonds is 5. The van der Waals surface area contributed by atoms with Crippen LogP contribution in [0.2, 0.25) is 0 Å². The number of nitrogens with one attached hydrogen (secondary N) is 1. The first-order valence-electron chi connectivity index (χ1n) is 5.58. The maximum atomic E-state index is 11.5. The molecule has 1 aromatic carbocycles. The molecule has 0 fully saturated rings. The van der Waals surface area contributed by atoms with E-state index in [0.29, 0.717) is 12.4 Å². The Bertz CT molecular complexity index is 334. The summed E-state index contributed by atoms with van der Waals surface area (Å²) in [4.78, 5) is 11.5. The van der Waals surface area contributed by atoms with Gasteiger partial charge in [0.05, 0.1) is 0 Å². The second-order valence-corrected chi connectivity index (χ2v) is 4.24. The Morgan fingerprint density at radius 2 is 1.88 bits per heavy atom. The number of carbonyl (C=O) groups excluding carboxylic acids is 1. The normalized spacial score (nSPS) is 12.2. The molecule has 0 heterocycles. The summed E-state index contributed by atoms with van der Waals surface area (Å²) < 4.78 is 0. The predicted molar refractivity (Wildman–Crippen MR) is 67.3 cm³/mol. The molecule has 1 amide bonds. The third kappa shape index (κ3) is 3.86. The van der Waals surface area contributed by atoms with E-state index in [-0.39, 0.29) is 11.8 Å². The average Bonchev–Trinajstić information content (AvgIpc) is 2.35. The van der Waals surface area contributed by atoms with E-state index in [1.807, 2.05) is 38.1 Å². The van der Waals surface area contributed by atoms with Crippen molar-refractivity contribution in [3.63, 3.8) is 0 Å². The monoisotopic (exact) mass is 239 g/mol. The van der Waals surface area contributed by atoms with Crippen molar-refractivity contribution >= 4 is 17.5 Å². The fourth-order valence-electron chi connectivity index (χ4n) is 1.30. The molecular weight excluding hydrogens is 222 g/mol. The highest BCUT2D eigenvalue weighted by Gasteiger charge is 2.09. The van der Waals surface area contributed by atoms with Gasteiger partial charge in [0.25, 0.3) is 0 Å². The molecule has 0 aromatic heterocycles. The molecule has 3 heteroatoms. The minimum atomic E-state index is 0.0853. The van der Waals surface area contributed by atoms with Gasteiger partial charge in [-0.3, -0.25) is 4.79 Å². The average molecular weight is 240 g/mol. The molecule has 16 heavy (non-hydrogen) atoms. The van der Waals surface area contributed by atoms with Crippen LogP contribution in [0.25, 0.3) is 0 Å². The van der Waals surface area contributed by atoms with Gasteiger partial charge in [-0.2, -0.15) is 0 Å². The molecular formula is C13H18ClNO. The third-order valence-electron chi connectivity index (χ3n) is 2.70. The fraction of sp³-hybridized carbons (Fsp3) is 0.462. The van der Waals surface area contributed by atoms with Gasteiger partial charge in [-0.15, -0.1) is 11.6 Å². The number of benzene rings is 1. The smallest absolute Gasteiger partial charge is 0.223 e. The van der Waals surface area contributed by atoms with Gasteiger partial charge >= 0.3 is 0 Å². The zero-order valence-electron chi connectivity index (χ0n) is 9.79. The van der Waals surface area contributed by atoms with Crippen LogP contribution >= 0.6 is 11.6 Å². The first-order chi connectivity index (χ1) is 7.67. The lowest BCUT2D eigenvalue weighted by atomic mass is 10.1. The summed E-state index contributed by atoms with van der Waals surface area (Å²) in [5.74, 6) is 0.727. The van der Waals surface area contributed by atoms with E-state index in [4.69, 9.17) is 11.6 Å². The largest absolute Gasteiger partial charge is 0.352 e. The molecule has 2 nitrogen and oxygen atoms in total. The molecule has 88 valence electrons. The highest BCUT2D eigenvalue weighted by molar-refractivity contribution is 6.17. The predicted octanol–water partition coefficient (Wildman–Crippen LogP) is 3.09. The Morgan fingerprint density at radius 3 is 2.38 bits per heavy atom. The minimum Gasteiger partial charge on any atom is -0.352 e. The summed E-state index contributed by atoms with van der Waals surface area (Å²) in [5.41, 5.74) is 2.20. The van der Waals surface area contributed by atoms with Crippen LogP contribution in [0.15, 0.2) is 24.3 Å². The molecule has 1 atom stereocenters. The molecule has 1 aromatic rings. The topological polar surface area (TPSA) is 29.1 Å². The summed E-state index contributed by atoms with van der Waals surface area (Å²) in [5, 5.41) is 2.92. The summed E-state index contributed by atoms with van der Waals surface area (Å²) >= 11 is 5.70. The van der Waals surface area contributed by atoms with E-state index in [0.717, 1.165) is 17.5 Å². The number of amides is 1. The third-order valence-corrected chi connectivity index (χ3v) is 3.01. The first-order valence-corrected chi connectivity index (χ1v) is 6.12. The number of halogens is 1. The Labute approximate surface area is 102 Å². The van der Waals surface area contributed by atoms with Gasteiger partial charge in [0.15, 0.2) is 0 Å². The van der Waals surface area contributed by atoms with Crippen LogP contribution in [-0.2, 0) is 17.2 Å². The van der Waals surface area contributed by atoms with Crippen LogP contribution in [0, 0.1) is 5.92 Å². The number of alkyl halides is 1. The van der Waals surface area contributed by atoms with Gasteiger partial charge in [-0.05, 0) is 17.5 Å². The second kappa shape index (κ2) is 6.54. The first kappa shape index (κ1) is 13.0. The van der Waals surface area contributed by atoms with Gasteiger partial charge in [-0.1, -0.05) is 38.1 Å². The summed E-state index contributed by atoms with van der Waals surface area (Å²) in [7, 11) is 0. The van der Waals surface area contributed by atoms with E-state index in [9.17, 15) is 4.79 Å². The van der Waals surface area contributed by atoms with Crippen LogP contribution in [0.4, 0.5) is 0 Å². The Kier molecular flexibility index (Phi) is 5.33. The van der Waals surface area contributed by atoms with Crippen LogP contribution in [0.3, 0.4) is 0 Å². The molecule has 0 saturated heterocycles. The fourth-order valence-corrected chi connectivity index (χ4v) is 1.47. The summed E-state index contributed by atoms with van der Waals surface area (Å²) in [6.07, 6.45) is 0.872. The van der Waals surface area contributed by atoms with Crippen molar-refractivity contribution in [1.82, 2.24) is 5.32 Å². The lowest BCUT2D eigenvalue weighted by molar-refractivity contribution is -0.124. The molecule has 0 aliphatic heterocycles. The zero-order valence-corrected chi connectivity index (χ0v) is 10.6. The van der Waals surface area contributed by atoms with Crippen LogP contribution in [0.5, 0.6) is 0 Å². The van der Waals surface area contributed by atoms with Gasteiger partial charge in [-0.25, -0.2) is 0 Å². The molecule has 0 aliphatic rings. The molecule has 0 saturated carbocycles. The molecule has 1 unspecified atom stereocenters. The highest BCUT2D eigenvalue weighted by Crippen LogP contribution is 2.07. The van der Waals surface area contributed by atoms with Gasteiger partial charge in [0, 0.05) is 18.3 Å². The van der Waals surface area contributed by atoms with Crippen molar-refractivity contribution in [3.8, 4) is 0 Å². The molecule has 0 aliphatic carbocycles. The number of hydrogen-bond donors (Lipinski definition) is 1. The van der Waals surface area contributed by atoms with E-state index >= 15 is 0 Å². The van der Waals surface area contributed by atoms with E-state index in [1.54, 1.807) is 0 Å². The molecule has 0 radical (unpaired) electrons. The lowest BCUT2D eigenvalue weighted by Crippen LogP contribution is -2.28. The van der Waals surface area contributed by atoms with E-state index < -0.39 is 0 Å². The second-order valence-electron chi connectivity index (χ2n) is 3.98. The molecule has 1 rings (SSSR count). The van der Waals surface area contributed by atoms with Gasteiger partial charge in [0.2, 0.25) is 5.91 Å². The quantitative estimate of drug-likeness (QED) is 0.787. The minimum absolute atomic E-state index is 0.0853. The van der Waals surface area contributed by atoms with Crippen molar-refractivity contribution in [2.75, 3.05) is 0 Å². The van der Waals surface area contributed by atoms with Crippen molar-refractivity contribution in [2.24, 2.45) is 5.92 Å². The van der Waals surface area contributed by atoms with E-state index in [2.05, 4.69) is 5.32 Å². The van der Waals surface area contributed by atoms with Crippen molar-refractivity contribution in [2.45, 2.75) is 32.7 Å². The lowest BCUT2D eigenvalue weighted by Gasteiger charge is -2.10. The maximum Gasteiger partial charge on any atom is 0.223 e. The van der Waals surface area contributed by atoms with Crippen LogP contribution < -0.4 is 5.32 Å². The van der Waals surface area contributed by atoms with E-state index in [1.165, 1.54) is 0 Å². The summed E-state index contributed by atoms with van der Waals surface area (Å²) in [6, 6.07) is 7.96. The highest BCUT2D eigenvalue weighted by atomic mass is 35.5. The number of carbonyl (C=O) groups is 1. The molecule has 0 bridgehead atoms. The van der Waals surface area contributed by atoms with Gasteiger partial charge < -0.3 is 5.32 Å². The van der Waals surface area contributed by atoms with Crippen molar-refractivity contribution < 1.29 is 4.79 Å².